The number of benzene rings is 2. The summed E-state index contributed by atoms with van der Waals surface area (Å²) in [6.07, 6.45) is 0.770. The minimum absolute atomic E-state index is 0.126. The van der Waals surface area contributed by atoms with Crippen LogP contribution in [0.1, 0.15) is 18.1 Å². The summed E-state index contributed by atoms with van der Waals surface area (Å²) in [5.74, 6) is 0.425. The van der Waals surface area contributed by atoms with Crippen LogP contribution >= 0.6 is 12.2 Å². The van der Waals surface area contributed by atoms with E-state index in [1.54, 1.807) is 19.2 Å². The molecule has 0 saturated carbocycles. The molecule has 1 N–H and O–H groups in total. The number of hydrogen-bond acceptors (Lipinski definition) is 4. The normalized spacial score (nSPS) is 10.2. The van der Waals surface area contributed by atoms with Crippen molar-refractivity contribution < 1.29 is 18.6 Å². The summed E-state index contributed by atoms with van der Waals surface area (Å²) >= 11 is 5.03. The van der Waals surface area contributed by atoms with Gasteiger partial charge in [0.25, 0.3) is 5.17 Å². The zero-order valence-electron chi connectivity index (χ0n) is 13.9. The smallest absolute Gasteiger partial charge is 0.260 e. The third-order valence-electron chi connectivity index (χ3n) is 3.55. The van der Waals surface area contributed by atoms with Crippen LogP contribution in [-0.4, -0.2) is 19.4 Å². The van der Waals surface area contributed by atoms with Gasteiger partial charge in [0.15, 0.2) is 11.6 Å². The summed E-state index contributed by atoms with van der Waals surface area (Å²) in [5, 5.41) is 3.18. The van der Waals surface area contributed by atoms with Gasteiger partial charge in [-0.15, -0.1) is 0 Å². The number of halogens is 1. The van der Waals surface area contributed by atoms with Gasteiger partial charge >= 0.3 is 0 Å². The Hall–Kier alpha value is -2.34. The van der Waals surface area contributed by atoms with Crippen molar-refractivity contribution in [1.82, 2.24) is 0 Å². The molecule has 24 heavy (non-hydrogen) atoms. The Bertz CT molecular complexity index is 721. The largest absolute Gasteiger partial charge is 0.496 e. The SMILES string of the molecule is CCc1ccc(OCc2c(NC(=S)OC)cccc2OC)c(F)c1. The van der Waals surface area contributed by atoms with Crippen molar-refractivity contribution in [3.05, 3.63) is 53.3 Å². The fraction of sp³-hybridized carbons (Fsp3) is 0.278. The first-order valence-electron chi connectivity index (χ1n) is 7.51. The van der Waals surface area contributed by atoms with E-state index in [2.05, 4.69) is 5.32 Å². The predicted molar refractivity (Wildman–Crippen MR) is 96.3 cm³/mol. The van der Waals surface area contributed by atoms with Crippen molar-refractivity contribution >= 4 is 23.1 Å². The van der Waals surface area contributed by atoms with E-state index in [-0.39, 0.29) is 23.3 Å². The van der Waals surface area contributed by atoms with Crippen LogP contribution in [0.5, 0.6) is 11.5 Å². The molecule has 0 unspecified atom stereocenters. The Morgan fingerprint density at radius 1 is 1.17 bits per heavy atom. The molecule has 0 fully saturated rings. The summed E-state index contributed by atoms with van der Waals surface area (Å²) < 4.78 is 30.0. The predicted octanol–water partition coefficient (Wildman–Crippen LogP) is 4.32. The van der Waals surface area contributed by atoms with Crippen molar-refractivity contribution in [3.8, 4) is 11.5 Å². The average molecular weight is 349 g/mol. The summed E-state index contributed by atoms with van der Waals surface area (Å²) in [7, 11) is 3.05. The number of nitrogens with one attached hydrogen (secondary N) is 1. The van der Waals surface area contributed by atoms with E-state index in [0.29, 0.717) is 11.4 Å². The molecule has 0 bridgehead atoms. The lowest BCUT2D eigenvalue weighted by Gasteiger charge is -2.16. The Labute approximate surface area is 146 Å². The molecule has 0 saturated heterocycles. The van der Waals surface area contributed by atoms with Gasteiger partial charge in [-0.05, 0) is 48.5 Å². The van der Waals surface area contributed by atoms with Crippen molar-refractivity contribution in [2.75, 3.05) is 19.5 Å². The first-order chi connectivity index (χ1) is 11.6. The van der Waals surface area contributed by atoms with Crippen LogP contribution in [0, 0.1) is 5.82 Å². The Kier molecular flexibility index (Phi) is 6.37. The highest BCUT2D eigenvalue weighted by Crippen LogP contribution is 2.29. The Morgan fingerprint density at radius 3 is 2.58 bits per heavy atom. The van der Waals surface area contributed by atoms with Crippen molar-refractivity contribution in [3.63, 3.8) is 0 Å². The molecule has 0 radical (unpaired) electrons. The van der Waals surface area contributed by atoms with Crippen LogP contribution in [0.25, 0.3) is 0 Å². The van der Waals surface area contributed by atoms with Gasteiger partial charge in [-0.2, -0.15) is 0 Å². The lowest BCUT2D eigenvalue weighted by atomic mass is 10.1. The van der Waals surface area contributed by atoms with Gasteiger partial charge in [-0.3, -0.25) is 0 Å². The molecule has 6 heteroatoms. The van der Waals surface area contributed by atoms with Gasteiger partial charge < -0.3 is 19.5 Å². The van der Waals surface area contributed by atoms with E-state index < -0.39 is 0 Å². The van der Waals surface area contributed by atoms with E-state index in [1.807, 2.05) is 25.1 Å². The van der Waals surface area contributed by atoms with Crippen molar-refractivity contribution in [2.24, 2.45) is 0 Å². The maximum absolute atomic E-state index is 14.1. The van der Waals surface area contributed by atoms with Gasteiger partial charge in [0.2, 0.25) is 0 Å². The lowest BCUT2D eigenvalue weighted by Crippen LogP contribution is -2.13. The van der Waals surface area contributed by atoms with Gasteiger partial charge in [0.1, 0.15) is 12.4 Å². The Balaban J connectivity index is 2.23. The number of anilines is 1. The summed E-state index contributed by atoms with van der Waals surface area (Å²) in [6.45, 7) is 2.10. The molecule has 0 aliphatic carbocycles. The second-order valence-electron chi connectivity index (χ2n) is 5.01. The highest BCUT2D eigenvalue weighted by molar-refractivity contribution is 7.80. The quantitative estimate of drug-likeness (QED) is 0.787. The van der Waals surface area contributed by atoms with Crippen molar-refractivity contribution in [2.45, 2.75) is 20.0 Å². The van der Waals surface area contributed by atoms with E-state index in [0.717, 1.165) is 17.5 Å². The highest BCUT2D eigenvalue weighted by atomic mass is 32.1. The molecule has 128 valence electrons. The zero-order chi connectivity index (χ0) is 17.5. The molecule has 0 atom stereocenters. The third kappa shape index (κ3) is 4.35. The van der Waals surface area contributed by atoms with Crippen LogP contribution in [0.2, 0.25) is 0 Å². The van der Waals surface area contributed by atoms with Crippen LogP contribution < -0.4 is 14.8 Å². The molecule has 0 amide bonds. The minimum atomic E-state index is -0.383. The van der Waals surface area contributed by atoms with Gasteiger partial charge in [-0.1, -0.05) is 19.1 Å². The molecule has 2 aromatic carbocycles. The molecule has 2 rings (SSSR count). The average Bonchev–Trinajstić information content (AvgIpc) is 2.60. The lowest BCUT2D eigenvalue weighted by molar-refractivity contribution is 0.283. The number of aryl methyl sites for hydroxylation is 1. The van der Waals surface area contributed by atoms with E-state index in [1.165, 1.54) is 13.2 Å². The number of hydrogen-bond donors (Lipinski definition) is 1. The number of rotatable bonds is 6. The molecular weight excluding hydrogens is 329 g/mol. The van der Waals surface area contributed by atoms with Crippen LogP contribution in [0.4, 0.5) is 10.1 Å². The topological polar surface area (TPSA) is 39.7 Å². The third-order valence-corrected chi connectivity index (χ3v) is 3.82. The maximum atomic E-state index is 14.1. The van der Waals surface area contributed by atoms with Crippen molar-refractivity contribution in [1.29, 1.82) is 0 Å². The van der Waals surface area contributed by atoms with E-state index in [9.17, 15) is 4.39 Å². The molecule has 0 spiro atoms. The van der Waals surface area contributed by atoms with Crippen LogP contribution in [0.3, 0.4) is 0 Å². The molecule has 0 aliphatic rings. The summed E-state index contributed by atoms with van der Waals surface area (Å²) in [4.78, 5) is 0. The van der Waals surface area contributed by atoms with Crippen LogP contribution in [0.15, 0.2) is 36.4 Å². The maximum Gasteiger partial charge on any atom is 0.260 e. The highest BCUT2D eigenvalue weighted by Gasteiger charge is 2.13. The second kappa shape index (κ2) is 8.49. The number of methoxy groups -OCH3 is 2. The molecule has 0 aliphatic heterocycles. The Morgan fingerprint density at radius 2 is 1.96 bits per heavy atom. The summed E-state index contributed by atoms with van der Waals surface area (Å²) in [6, 6.07) is 10.4. The molecule has 0 aromatic heterocycles. The number of ether oxygens (including phenoxy) is 3. The molecular formula is C18H20FNO3S. The number of thiocarbonyl (C=S) groups is 1. The fourth-order valence-electron chi connectivity index (χ4n) is 2.22. The van der Waals surface area contributed by atoms with E-state index in [4.69, 9.17) is 26.4 Å². The molecule has 0 heterocycles. The first-order valence-corrected chi connectivity index (χ1v) is 7.92. The van der Waals surface area contributed by atoms with E-state index >= 15 is 0 Å². The van der Waals surface area contributed by atoms with Crippen LogP contribution in [-0.2, 0) is 17.8 Å². The summed E-state index contributed by atoms with van der Waals surface area (Å²) in [5.41, 5.74) is 2.33. The minimum Gasteiger partial charge on any atom is -0.496 e. The van der Waals surface area contributed by atoms with Gasteiger partial charge in [-0.25, -0.2) is 4.39 Å². The fourth-order valence-corrected chi connectivity index (χ4v) is 2.33. The zero-order valence-corrected chi connectivity index (χ0v) is 14.7. The second-order valence-corrected chi connectivity index (χ2v) is 5.38. The molecule has 2 aromatic rings. The van der Waals surface area contributed by atoms with Gasteiger partial charge in [0, 0.05) is 0 Å². The monoisotopic (exact) mass is 349 g/mol. The first kappa shape index (κ1) is 18.0. The van der Waals surface area contributed by atoms with Gasteiger partial charge in [0.05, 0.1) is 25.5 Å². The standard InChI is InChI=1S/C18H20FNO3S/c1-4-12-8-9-17(14(19)10-12)23-11-13-15(20-18(24)22-3)6-5-7-16(13)21-2/h5-10H,4,11H2,1-3H3,(H,20,24). The molecule has 4 nitrogen and oxygen atoms in total.